The second-order valence-corrected chi connectivity index (χ2v) is 5.43. The van der Waals surface area contributed by atoms with Gasteiger partial charge in [-0.1, -0.05) is 0 Å². The summed E-state index contributed by atoms with van der Waals surface area (Å²) in [6, 6.07) is 4.35. The van der Waals surface area contributed by atoms with Crippen LogP contribution in [0.1, 0.15) is 18.4 Å². The monoisotopic (exact) mass is 252 g/mol. The highest BCUT2D eigenvalue weighted by Gasteiger charge is 2.33. The summed E-state index contributed by atoms with van der Waals surface area (Å²) in [6.45, 7) is 3.77. The first kappa shape index (κ1) is 12.1. The van der Waals surface area contributed by atoms with Gasteiger partial charge in [0.2, 0.25) is 0 Å². The van der Waals surface area contributed by atoms with Gasteiger partial charge in [0, 0.05) is 31.7 Å². The van der Waals surface area contributed by atoms with Gasteiger partial charge in [-0.2, -0.15) is 0 Å². The van der Waals surface area contributed by atoms with E-state index >= 15 is 0 Å². The minimum absolute atomic E-state index is 0.486. The highest BCUT2D eigenvalue weighted by Crippen LogP contribution is 2.26. The van der Waals surface area contributed by atoms with E-state index in [1.54, 1.807) is 0 Å². The molecule has 1 aromatic rings. The van der Waals surface area contributed by atoms with Crippen molar-refractivity contribution in [1.82, 2.24) is 10.2 Å². The number of benzene rings is 1. The maximum atomic E-state index is 13.1. The van der Waals surface area contributed by atoms with Crippen LogP contribution in [0.5, 0.6) is 0 Å². The zero-order chi connectivity index (χ0) is 12.5. The molecule has 3 rings (SSSR count). The zero-order valence-corrected chi connectivity index (χ0v) is 10.3. The van der Waals surface area contributed by atoms with Gasteiger partial charge in [-0.15, -0.1) is 0 Å². The van der Waals surface area contributed by atoms with Gasteiger partial charge >= 0.3 is 0 Å². The predicted octanol–water partition coefficient (Wildman–Crippen LogP) is 2.15. The number of hydrogen-bond acceptors (Lipinski definition) is 2. The number of fused-ring (bicyclic) bond motifs is 1. The predicted molar refractivity (Wildman–Crippen MR) is 66.1 cm³/mol. The van der Waals surface area contributed by atoms with Crippen LogP contribution in [0.3, 0.4) is 0 Å². The van der Waals surface area contributed by atoms with E-state index in [4.69, 9.17) is 0 Å². The molecule has 0 bridgehead atoms. The molecule has 0 spiro atoms. The van der Waals surface area contributed by atoms with Crippen molar-refractivity contribution < 1.29 is 8.78 Å². The molecule has 0 amide bonds. The molecule has 4 heteroatoms. The van der Waals surface area contributed by atoms with Crippen molar-refractivity contribution >= 4 is 0 Å². The molecule has 2 atom stereocenters. The lowest BCUT2D eigenvalue weighted by atomic mass is 9.94. The highest BCUT2D eigenvalue weighted by atomic mass is 19.1. The topological polar surface area (TPSA) is 15.3 Å². The van der Waals surface area contributed by atoms with Crippen LogP contribution in [0.25, 0.3) is 0 Å². The molecule has 0 aromatic heterocycles. The second kappa shape index (κ2) is 4.94. The number of rotatable bonds is 2. The number of nitrogens with zero attached hydrogens (tertiary/aromatic N) is 1. The summed E-state index contributed by atoms with van der Waals surface area (Å²) >= 11 is 0. The van der Waals surface area contributed by atoms with E-state index in [0.29, 0.717) is 18.5 Å². The SMILES string of the molecule is Fc1cc(F)cc(CN2CC3CCCNC3C2)c1. The molecular formula is C14H18F2N2. The molecule has 0 radical (unpaired) electrons. The quantitative estimate of drug-likeness (QED) is 0.867. The Labute approximate surface area is 106 Å². The van der Waals surface area contributed by atoms with Crippen LogP contribution in [0, 0.1) is 17.6 Å². The van der Waals surface area contributed by atoms with Crippen molar-refractivity contribution in [2.75, 3.05) is 19.6 Å². The molecule has 0 aliphatic carbocycles. The Bertz CT molecular complexity index is 402. The van der Waals surface area contributed by atoms with Gasteiger partial charge in [-0.25, -0.2) is 8.78 Å². The van der Waals surface area contributed by atoms with Crippen LogP contribution in [-0.2, 0) is 6.54 Å². The third kappa shape index (κ3) is 2.54. The lowest BCUT2D eigenvalue weighted by Crippen LogP contribution is -2.40. The van der Waals surface area contributed by atoms with Crippen LogP contribution in [0.4, 0.5) is 8.78 Å². The minimum atomic E-state index is -0.486. The van der Waals surface area contributed by atoms with Gasteiger partial charge in [-0.05, 0) is 43.0 Å². The zero-order valence-electron chi connectivity index (χ0n) is 10.3. The third-order valence-corrected chi connectivity index (χ3v) is 4.00. The van der Waals surface area contributed by atoms with Crippen molar-refractivity contribution in [1.29, 1.82) is 0 Å². The Hall–Kier alpha value is -1.00. The molecule has 2 nitrogen and oxygen atoms in total. The molecule has 1 aromatic carbocycles. The van der Waals surface area contributed by atoms with Crippen LogP contribution < -0.4 is 5.32 Å². The number of likely N-dealkylation sites (tertiary alicyclic amines) is 1. The normalized spacial score (nSPS) is 28.3. The lowest BCUT2D eigenvalue weighted by Gasteiger charge is -2.24. The Morgan fingerprint density at radius 1 is 1.17 bits per heavy atom. The summed E-state index contributed by atoms with van der Waals surface area (Å²) in [6.07, 6.45) is 2.51. The van der Waals surface area contributed by atoms with Crippen LogP contribution >= 0.6 is 0 Å². The second-order valence-electron chi connectivity index (χ2n) is 5.43. The largest absolute Gasteiger partial charge is 0.312 e. The van der Waals surface area contributed by atoms with Gasteiger partial charge < -0.3 is 5.32 Å². The standard InChI is InChI=1S/C14H18F2N2/c15-12-4-10(5-13(16)6-12)7-18-8-11-2-1-3-17-14(11)9-18/h4-6,11,14,17H,1-3,7-9H2. The Morgan fingerprint density at radius 2 is 1.94 bits per heavy atom. The van der Waals surface area contributed by atoms with E-state index in [2.05, 4.69) is 10.2 Å². The third-order valence-electron chi connectivity index (χ3n) is 4.00. The van der Waals surface area contributed by atoms with Crippen LogP contribution in [0.2, 0.25) is 0 Å². The molecule has 18 heavy (non-hydrogen) atoms. The molecule has 2 unspecified atom stereocenters. The minimum Gasteiger partial charge on any atom is -0.312 e. The Kier molecular flexibility index (Phi) is 3.31. The van der Waals surface area contributed by atoms with Crippen LogP contribution in [0.15, 0.2) is 18.2 Å². The Morgan fingerprint density at radius 3 is 2.67 bits per heavy atom. The first-order chi connectivity index (χ1) is 8.70. The van der Waals surface area contributed by atoms with Gasteiger partial charge in [0.05, 0.1) is 0 Å². The summed E-state index contributed by atoms with van der Waals surface area (Å²) in [5.41, 5.74) is 0.728. The molecule has 0 saturated carbocycles. The Balaban J connectivity index is 1.66. The molecule has 2 saturated heterocycles. The van der Waals surface area contributed by atoms with Crippen molar-refractivity contribution in [2.45, 2.75) is 25.4 Å². The molecular weight excluding hydrogens is 234 g/mol. The van der Waals surface area contributed by atoms with Crippen molar-refractivity contribution in [3.05, 3.63) is 35.4 Å². The smallest absolute Gasteiger partial charge is 0.126 e. The average Bonchev–Trinajstić information content (AvgIpc) is 2.69. The number of halogens is 2. The molecule has 1 N–H and O–H groups in total. The molecule has 2 aliphatic rings. The summed E-state index contributed by atoms with van der Waals surface area (Å²) in [7, 11) is 0. The van der Waals surface area contributed by atoms with E-state index in [1.807, 2.05) is 0 Å². The fraction of sp³-hybridized carbons (Fsp3) is 0.571. The van der Waals surface area contributed by atoms with Crippen LogP contribution in [-0.4, -0.2) is 30.6 Å². The van der Waals surface area contributed by atoms with Crippen molar-refractivity contribution in [2.24, 2.45) is 5.92 Å². The first-order valence-electron chi connectivity index (χ1n) is 6.61. The lowest BCUT2D eigenvalue weighted by molar-refractivity contribution is 0.311. The van der Waals surface area contributed by atoms with E-state index < -0.39 is 11.6 Å². The van der Waals surface area contributed by atoms with Crippen molar-refractivity contribution in [3.63, 3.8) is 0 Å². The summed E-state index contributed by atoms with van der Waals surface area (Å²) < 4.78 is 26.3. The molecule has 2 aliphatic heterocycles. The summed E-state index contributed by atoms with van der Waals surface area (Å²) in [5.74, 6) is -0.267. The molecule has 2 fully saturated rings. The maximum Gasteiger partial charge on any atom is 0.126 e. The van der Waals surface area contributed by atoms with E-state index in [0.717, 1.165) is 31.3 Å². The fourth-order valence-electron chi connectivity index (χ4n) is 3.23. The van der Waals surface area contributed by atoms with Gasteiger partial charge in [0.15, 0.2) is 0 Å². The number of hydrogen-bond donors (Lipinski definition) is 1. The number of piperidine rings is 1. The fourth-order valence-corrected chi connectivity index (χ4v) is 3.23. The molecule has 2 heterocycles. The van der Waals surface area contributed by atoms with E-state index in [1.165, 1.54) is 25.0 Å². The molecule has 98 valence electrons. The van der Waals surface area contributed by atoms with Gasteiger partial charge in [0.1, 0.15) is 11.6 Å². The highest BCUT2D eigenvalue weighted by molar-refractivity contribution is 5.18. The van der Waals surface area contributed by atoms with Gasteiger partial charge in [0.25, 0.3) is 0 Å². The average molecular weight is 252 g/mol. The number of nitrogens with one attached hydrogen (secondary N) is 1. The van der Waals surface area contributed by atoms with E-state index in [-0.39, 0.29) is 0 Å². The van der Waals surface area contributed by atoms with Crippen molar-refractivity contribution in [3.8, 4) is 0 Å². The first-order valence-corrected chi connectivity index (χ1v) is 6.61. The van der Waals surface area contributed by atoms with Gasteiger partial charge in [-0.3, -0.25) is 4.90 Å². The maximum absolute atomic E-state index is 13.1. The van der Waals surface area contributed by atoms with E-state index in [9.17, 15) is 8.78 Å². The summed E-state index contributed by atoms with van der Waals surface area (Å²) in [5, 5.41) is 3.53. The summed E-state index contributed by atoms with van der Waals surface area (Å²) in [4.78, 5) is 2.29.